The van der Waals surface area contributed by atoms with Crippen molar-refractivity contribution < 1.29 is 19.0 Å². The number of methoxy groups -OCH3 is 2. The summed E-state index contributed by atoms with van der Waals surface area (Å²) in [6.45, 7) is 2.34. The largest absolute Gasteiger partial charge is 0.465 e. The number of nitrogens with one attached hydrogen (secondary N) is 1. The van der Waals surface area contributed by atoms with Crippen molar-refractivity contribution in [2.75, 3.05) is 51.6 Å². The maximum atomic E-state index is 11.7. The smallest absolute Gasteiger partial charge is 0.340 e. The maximum Gasteiger partial charge on any atom is 0.340 e. The van der Waals surface area contributed by atoms with Gasteiger partial charge in [-0.1, -0.05) is 11.6 Å². The van der Waals surface area contributed by atoms with E-state index in [4.69, 9.17) is 31.5 Å². The van der Waals surface area contributed by atoms with Gasteiger partial charge in [0.15, 0.2) is 0 Å². The van der Waals surface area contributed by atoms with Gasteiger partial charge < -0.3 is 25.3 Å². The van der Waals surface area contributed by atoms with Gasteiger partial charge in [-0.15, -0.1) is 0 Å². The predicted octanol–water partition coefficient (Wildman–Crippen LogP) is 2.17. The summed E-state index contributed by atoms with van der Waals surface area (Å²) in [7, 11) is 2.94. The van der Waals surface area contributed by atoms with Crippen molar-refractivity contribution in [2.45, 2.75) is 6.42 Å². The van der Waals surface area contributed by atoms with Gasteiger partial charge >= 0.3 is 5.97 Å². The molecule has 6 nitrogen and oxygen atoms in total. The molecule has 0 aliphatic heterocycles. The molecule has 0 spiro atoms. The van der Waals surface area contributed by atoms with E-state index >= 15 is 0 Å². The second-order valence-electron chi connectivity index (χ2n) is 4.30. The topological polar surface area (TPSA) is 82.8 Å². The number of rotatable bonds is 9. The number of anilines is 2. The van der Waals surface area contributed by atoms with Crippen molar-refractivity contribution in [1.82, 2.24) is 0 Å². The molecule has 118 valence electrons. The fourth-order valence-corrected chi connectivity index (χ4v) is 2.00. The van der Waals surface area contributed by atoms with Gasteiger partial charge in [-0.2, -0.15) is 0 Å². The Balaban J connectivity index is 2.56. The van der Waals surface area contributed by atoms with E-state index in [0.29, 0.717) is 48.3 Å². The highest BCUT2D eigenvalue weighted by molar-refractivity contribution is 6.34. The zero-order valence-corrected chi connectivity index (χ0v) is 13.0. The molecule has 0 heterocycles. The van der Waals surface area contributed by atoms with E-state index in [9.17, 15) is 4.79 Å². The zero-order valence-electron chi connectivity index (χ0n) is 12.3. The first-order valence-corrected chi connectivity index (χ1v) is 6.95. The molecule has 21 heavy (non-hydrogen) atoms. The Morgan fingerprint density at radius 2 is 2.05 bits per heavy atom. The predicted molar refractivity (Wildman–Crippen MR) is 83.0 cm³/mol. The molecule has 0 bridgehead atoms. The Hall–Kier alpha value is -1.50. The molecule has 1 aromatic rings. The zero-order chi connectivity index (χ0) is 15.7. The summed E-state index contributed by atoms with van der Waals surface area (Å²) in [5.74, 6) is -0.483. The Morgan fingerprint density at radius 3 is 2.71 bits per heavy atom. The van der Waals surface area contributed by atoms with Gasteiger partial charge in [-0.3, -0.25) is 0 Å². The summed E-state index contributed by atoms with van der Waals surface area (Å²) in [5, 5.41) is 3.50. The van der Waals surface area contributed by atoms with Gasteiger partial charge in [0, 0.05) is 25.9 Å². The van der Waals surface area contributed by atoms with Crippen LogP contribution in [0.4, 0.5) is 11.4 Å². The van der Waals surface area contributed by atoms with Crippen molar-refractivity contribution in [1.29, 1.82) is 0 Å². The normalized spacial score (nSPS) is 10.4. The highest BCUT2D eigenvalue weighted by Crippen LogP contribution is 2.29. The van der Waals surface area contributed by atoms with Gasteiger partial charge in [0.1, 0.15) is 0 Å². The van der Waals surface area contributed by atoms with Crippen LogP contribution in [0.2, 0.25) is 5.02 Å². The maximum absolute atomic E-state index is 11.7. The summed E-state index contributed by atoms with van der Waals surface area (Å²) in [4.78, 5) is 11.7. The first-order chi connectivity index (χ1) is 10.1. The first kappa shape index (κ1) is 17.6. The minimum atomic E-state index is -0.483. The monoisotopic (exact) mass is 316 g/mol. The van der Waals surface area contributed by atoms with Crippen LogP contribution in [0.3, 0.4) is 0 Å². The lowest BCUT2D eigenvalue weighted by molar-refractivity contribution is 0.0602. The fourth-order valence-electron chi connectivity index (χ4n) is 1.71. The van der Waals surface area contributed by atoms with Crippen molar-refractivity contribution in [3.8, 4) is 0 Å². The minimum Gasteiger partial charge on any atom is -0.465 e. The average Bonchev–Trinajstić information content (AvgIpc) is 2.46. The van der Waals surface area contributed by atoms with Gasteiger partial charge in [0.25, 0.3) is 0 Å². The Bertz CT molecular complexity index is 469. The summed E-state index contributed by atoms with van der Waals surface area (Å²) in [6, 6.07) is 3.13. The fraction of sp³-hybridized carbons (Fsp3) is 0.500. The van der Waals surface area contributed by atoms with E-state index < -0.39 is 5.97 Å². The Labute approximate surface area is 129 Å². The van der Waals surface area contributed by atoms with Gasteiger partial charge in [-0.25, -0.2) is 4.79 Å². The Morgan fingerprint density at radius 1 is 1.29 bits per heavy atom. The summed E-state index contributed by atoms with van der Waals surface area (Å²) >= 11 is 6.12. The van der Waals surface area contributed by atoms with Gasteiger partial charge in [0.2, 0.25) is 0 Å². The van der Waals surface area contributed by atoms with Crippen LogP contribution in [0.15, 0.2) is 12.1 Å². The molecule has 1 rings (SSSR count). The SMILES string of the molecule is COCCOCCCNc1c(Cl)cc(N)cc1C(=O)OC. The van der Waals surface area contributed by atoms with Crippen LogP contribution >= 0.6 is 11.6 Å². The number of carbonyl (C=O) groups excluding carboxylic acids is 1. The van der Waals surface area contributed by atoms with Crippen molar-refractivity contribution in [2.24, 2.45) is 0 Å². The molecule has 0 aromatic heterocycles. The second kappa shape index (κ2) is 9.44. The standard InChI is InChI=1S/C14H21ClN2O4/c1-19-6-7-21-5-3-4-17-13-11(14(18)20-2)8-10(16)9-12(13)15/h8-9,17H,3-7,16H2,1-2H3. The molecule has 0 saturated carbocycles. The lowest BCUT2D eigenvalue weighted by Gasteiger charge is -2.13. The molecule has 0 unspecified atom stereocenters. The molecule has 1 aromatic carbocycles. The van der Waals surface area contributed by atoms with Crippen LogP contribution in [0.25, 0.3) is 0 Å². The van der Waals surface area contributed by atoms with E-state index in [-0.39, 0.29) is 0 Å². The molecule has 0 aliphatic carbocycles. The second-order valence-corrected chi connectivity index (χ2v) is 4.71. The third-order valence-electron chi connectivity index (χ3n) is 2.72. The number of nitrogens with two attached hydrogens (primary N) is 1. The lowest BCUT2D eigenvalue weighted by atomic mass is 10.1. The van der Waals surface area contributed by atoms with Crippen LogP contribution in [-0.4, -0.2) is 46.6 Å². The van der Waals surface area contributed by atoms with E-state index in [1.54, 1.807) is 13.2 Å². The van der Waals surface area contributed by atoms with E-state index in [0.717, 1.165) is 6.42 Å². The van der Waals surface area contributed by atoms with Crippen LogP contribution in [0.5, 0.6) is 0 Å². The number of hydrogen-bond donors (Lipinski definition) is 2. The number of halogens is 1. The number of hydrogen-bond acceptors (Lipinski definition) is 6. The third-order valence-corrected chi connectivity index (χ3v) is 3.01. The van der Waals surface area contributed by atoms with Crippen LogP contribution < -0.4 is 11.1 Å². The van der Waals surface area contributed by atoms with Crippen LogP contribution in [0.1, 0.15) is 16.8 Å². The molecule has 0 aliphatic rings. The van der Waals surface area contributed by atoms with E-state index in [1.807, 2.05) is 0 Å². The quantitative estimate of drug-likeness (QED) is 0.413. The molecular formula is C14H21ClN2O4. The molecule has 7 heteroatoms. The van der Waals surface area contributed by atoms with Gasteiger partial charge in [0.05, 0.1) is 36.6 Å². The van der Waals surface area contributed by atoms with E-state index in [1.165, 1.54) is 13.2 Å². The van der Waals surface area contributed by atoms with E-state index in [2.05, 4.69) is 5.32 Å². The Kier molecular flexibility index (Phi) is 7.89. The summed E-state index contributed by atoms with van der Waals surface area (Å²) in [6.07, 6.45) is 0.769. The van der Waals surface area contributed by atoms with Gasteiger partial charge in [-0.05, 0) is 18.6 Å². The molecule has 0 saturated heterocycles. The number of esters is 1. The molecule has 0 fully saturated rings. The number of carbonyl (C=O) groups is 1. The third kappa shape index (κ3) is 5.79. The average molecular weight is 317 g/mol. The van der Waals surface area contributed by atoms with Crippen molar-refractivity contribution in [3.63, 3.8) is 0 Å². The van der Waals surface area contributed by atoms with Crippen LogP contribution in [-0.2, 0) is 14.2 Å². The molecule has 0 radical (unpaired) electrons. The molecule has 0 amide bonds. The minimum absolute atomic E-state index is 0.322. The lowest BCUT2D eigenvalue weighted by Crippen LogP contribution is -2.12. The first-order valence-electron chi connectivity index (χ1n) is 6.58. The summed E-state index contributed by atoms with van der Waals surface area (Å²) < 4.78 is 15.0. The number of ether oxygens (including phenoxy) is 3. The number of nitrogen functional groups attached to an aromatic ring is 1. The molecule has 3 N–H and O–H groups in total. The summed E-state index contributed by atoms with van der Waals surface area (Å²) in [5.41, 5.74) is 6.95. The molecule has 0 atom stereocenters. The van der Waals surface area contributed by atoms with Crippen molar-refractivity contribution in [3.05, 3.63) is 22.7 Å². The highest BCUT2D eigenvalue weighted by Gasteiger charge is 2.15. The van der Waals surface area contributed by atoms with Crippen molar-refractivity contribution >= 4 is 28.9 Å². The highest BCUT2D eigenvalue weighted by atomic mass is 35.5. The number of benzene rings is 1. The van der Waals surface area contributed by atoms with Crippen LogP contribution in [0, 0.1) is 0 Å². The molecular weight excluding hydrogens is 296 g/mol.